The SMILES string of the molecule is Cc1cc(C(=O)N2CCCC2CN)no1.Cl. The van der Waals surface area contributed by atoms with Gasteiger partial charge in [0.25, 0.3) is 5.91 Å². The summed E-state index contributed by atoms with van der Waals surface area (Å²) in [7, 11) is 0. The molecule has 16 heavy (non-hydrogen) atoms. The molecular formula is C10H16ClN3O2. The van der Waals surface area contributed by atoms with Crippen molar-refractivity contribution in [3.63, 3.8) is 0 Å². The maximum absolute atomic E-state index is 12.0. The molecule has 1 unspecified atom stereocenters. The van der Waals surface area contributed by atoms with Gasteiger partial charge in [-0.15, -0.1) is 12.4 Å². The number of rotatable bonds is 2. The molecule has 0 saturated carbocycles. The van der Waals surface area contributed by atoms with E-state index in [0.717, 1.165) is 19.4 Å². The van der Waals surface area contributed by atoms with Crippen molar-refractivity contribution in [3.05, 3.63) is 17.5 Å². The first-order valence-corrected chi connectivity index (χ1v) is 5.16. The van der Waals surface area contributed by atoms with Crippen LogP contribution in [0.25, 0.3) is 0 Å². The van der Waals surface area contributed by atoms with E-state index in [0.29, 0.717) is 18.0 Å². The van der Waals surface area contributed by atoms with Crippen molar-refractivity contribution in [1.82, 2.24) is 10.1 Å². The Morgan fingerprint density at radius 1 is 1.75 bits per heavy atom. The van der Waals surface area contributed by atoms with Gasteiger partial charge in [0, 0.05) is 25.2 Å². The maximum Gasteiger partial charge on any atom is 0.276 e. The Hall–Kier alpha value is -1.07. The molecular weight excluding hydrogens is 230 g/mol. The number of hydrogen-bond donors (Lipinski definition) is 1. The summed E-state index contributed by atoms with van der Waals surface area (Å²) in [5.74, 6) is 0.585. The Bertz CT molecular complexity index is 367. The minimum absolute atomic E-state index is 0. The molecule has 90 valence electrons. The average Bonchev–Trinajstić information content (AvgIpc) is 2.84. The lowest BCUT2D eigenvalue weighted by molar-refractivity contribution is 0.0730. The standard InChI is InChI=1S/C10H15N3O2.ClH/c1-7-5-9(12-15-7)10(14)13-4-2-3-8(13)6-11;/h5,8H,2-4,6,11H2,1H3;1H. The molecule has 1 aliphatic heterocycles. The molecule has 6 heteroatoms. The monoisotopic (exact) mass is 245 g/mol. The number of hydrogen-bond acceptors (Lipinski definition) is 4. The molecule has 0 aromatic carbocycles. The van der Waals surface area contributed by atoms with Gasteiger partial charge in [-0.3, -0.25) is 4.79 Å². The third kappa shape index (κ3) is 2.36. The topological polar surface area (TPSA) is 72.4 Å². The first-order chi connectivity index (χ1) is 7.22. The summed E-state index contributed by atoms with van der Waals surface area (Å²) in [6.45, 7) is 3.06. The van der Waals surface area contributed by atoms with E-state index in [1.54, 1.807) is 17.9 Å². The number of amides is 1. The van der Waals surface area contributed by atoms with Crippen molar-refractivity contribution < 1.29 is 9.32 Å². The van der Waals surface area contributed by atoms with Crippen molar-refractivity contribution in [2.75, 3.05) is 13.1 Å². The van der Waals surface area contributed by atoms with Gasteiger partial charge in [0.2, 0.25) is 0 Å². The van der Waals surface area contributed by atoms with Crippen LogP contribution in [0.1, 0.15) is 29.1 Å². The first-order valence-electron chi connectivity index (χ1n) is 5.16. The number of halogens is 1. The Morgan fingerprint density at radius 3 is 3.06 bits per heavy atom. The van der Waals surface area contributed by atoms with Crippen LogP contribution in [0.2, 0.25) is 0 Å². The molecule has 1 amide bonds. The maximum atomic E-state index is 12.0. The number of aromatic nitrogens is 1. The van der Waals surface area contributed by atoms with E-state index in [1.807, 2.05) is 0 Å². The molecule has 1 aromatic rings. The van der Waals surface area contributed by atoms with Gasteiger partial charge in [0.15, 0.2) is 5.69 Å². The summed E-state index contributed by atoms with van der Waals surface area (Å²) in [4.78, 5) is 13.8. The number of aryl methyl sites for hydroxylation is 1. The van der Waals surface area contributed by atoms with Gasteiger partial charge in [-0.2, -0.15) is 0 Å². The molecule has 0 aliphatic carbocycles. The molecule has 1 atom stereocenters. The third-order valence-electron chi connectivity index (χ3n) is 2.76. The fourth-order valence-corrected chi connectivity index (χ4v) is 1.96. The predicted octanol–water partition coefficient (Wildman–Crippen LogP) is 0.968. The fourth-order valence-electron chi connectivity index (χ4n) is 1.96. The van der Waals surface area contributed by atoms with Crippen molar-refractivity contribution >= 4 is 18.3 Å². The summed E-state index contributed by atoms with van der Waals surface area (Å²) in [5, 5.41) is 3.72. The van der Waals surface area contributed by atoms with Crippen LogP contribution in [-0.4, -0.2) is 35.1 Å². The summed E-state index contributed by atoms with van der Waals surface area (Å²) in [6.07, 6.45) is 2.00. The molecule has 1 aliphatic rings. The van der Waals surface area contributed by atoms with Crippen molar-refractivity contribution in [2.24, 2.45) is 5.73 Å². The minimum Gasteiger partial charge on any atom is -0.361 e. The van der Waals surface area contributed by atoms with Crippen LogP contribution in [0.4, 0.5) is 0 Å². The predicted molar refractivity (Wildman–Crippen MR) is 61.6 cm³/mol. The van der Waals surface area contributed by atoms with E-state index in [2.05, 4.69) is 5.16 Å². The smallest absolute Gasteiger partial charge is 0.276 e. The molecule has 2 heterocycles. The van der Waals surface area contributed by atoms with Crippen LogP contribution >= 0.6 is 12.4 Å². The van der Waals surface area contributed by atoms with Gasteiger partial charge in [0.05, 0.1) is 0 Å². The van der Waals surface area contributed by atoms with Gasteiger partial charge < -0.3 is 15.2 Å². The minimum atomic E-state index is -0.0696. The van der Waals surface area contributed by atoms with Gasteiger partial charge in [0.1, 0.15) is 5.76 Å². The first kappa shape index (κ1) is 13.0. The highest BCUT2D eigenvalue weighted by Crippen LogP contribution is 2.19. The molecule has 5 nitrogen and oxygen atoms in total. The Labute approximate surface area is 100 Å². The van der Waals surface area contributed by atoms with Crippen molar-refractivity contribution in [2.45, 2.75) is 25.8 Å². The largest absolute Gasteiger partial charge is 0.361 e. The Morgan fingerprint density at radius 2 is 2.50 bits per heavy atom. The number of nitrogens with zero attached hydrogens (tertiary/aromatic N) is 2. The second-order valence-corrected chi connectivity index (χ2v) is 3.85. The Balaban J connectivity index is 0.00000128. The zero-order chi connectivity index (χ0) is 10.8. The van der Waals surface area contributed by atoms with Gasteiger partial charge in [-0.05, 0) is 19.8 Å². The van der Waals surface area contributed by atoms with Crippen LogP contribution in [0.3, 0.4) is 0 Å². The van der Waals surface area contributed by atoms with Crippen LogP contribution in [0.15, 0.2) is 10.6 Å². The van der Waals surface area contributed by atoms with Crippen LogP contribution in [0, 0.1) is 6.92 Å². The second-order valence-electron chi connectivity index (χ2n) is 3.85. The zero-order valence-electron chi connectivity index (χ0n) is 9.18. The molecule has 1 aromatic heterocycles. The average molecular weight is 246 g/mol. The lowest BCUT2D eigenvalue weighted by Gasteiger charge is -2.21. The highest BCUT2D eigenvalue weighted by Gasteiger charge is 2.29. The van der Waals surface area contributed by atoms with Crippen molar-refractivity contribution in [1.29, 1.82) is 0 Å². The molecule has 2 N–H and O–H groups in total. The number of carbonyl (C=O) groups excluding carboxylic acids is 1. The van der Waals surface area contributed by atoms with E-state index in [4.69, 9.17) is 10.3 Å². The lowest BCUT2D eigenvalue weighted by Crippen LogP contribution is -2.40. The quantitative estimate of drug-likeness (QED) is 0.843. The Kier molecular flexibility index (Phi) is 4.32. The molecule has 1 saturated heterocycles. The molecule has 0 bridgehead atoms. The normalized spacial score (nSPS) is 19.6. The number of likely N-dealkylation sites (tertiary alicyclic amines) is 1. The highest BCUT2D eigenvalue weighted by atomic mass is 35.5. The lowest BCUT2D eigenvalue weighted by atomic mass is 10.2. The van der Waals surface area contributed by atoms with E-state index in [9.17, 15) is 4.79 Å². The van der Waals surface area contributed by atoms with Crippen LogP contribution < -0.4 is 5.73 Å². The second kappa shape index (κ2) is 5.32. The van der Waals surface area contributed by atoms with E-state index in [-0.39, 0.29) is 24.4 Å². The van der Waals surface area contributed by atoms with Crippen LogP contribution in [-0.2, 0) is 0 Å². The molecule has 1 fully saturated rings. The summed E-state index contributed by atoms with van der Waals surface area (Å²) in [5.41, 5.74) is 5.99. The van der Waals surface area contributed by atoms with Crippen molar-refractivity contribution in [3.8, 4) is 0 Å². The van der Waals surface area contributed by atoms with E-state index >= 15 is 0 Å². The van der Waals surface area contributed by atoms with Gasteiger partial charge >= 0.3 is 0 Å². The highest BCUT2D eigenvalue weighted by molar-refractivity contribution is 5.92. The van der Waals surface area contributed by atoms with Gasteiger partial charge in [-0.1, -0.05) is 5.16 Å². The molecule has 2 rings (SSSR count). The molecule has 0 spiro atoms. The third-order valence-corrected chi connectivity index (χ3v) is 2.76. The fraction of sp³-hybridized carbons (Fsp3) is 0.600. The number of carbonyl (C=O) groups is 1. The molecule has 0 radical (unpaired) electrons. The van der Waals surface area contributed by atoms with E-state index < -0.39 is 0 Å². The summed E-state index contributed by atoms with van der Waals surface area (Å²) < 4.78 is 4.89. The van der Waals surface area contributed by atoms with E-state index in [1.165, 1.54) is 0 Å². The summed E-state index contributed by atoms with van der Waals surface area (Å²) in [6, 6.07) is 1.82. The zero-order valence-corrected chi connectivity index (χ0v) is 10.00. The van der Waals surface area contributed by atoms with Gasteiger partial charge in [-0.25, -0.2) is 0 Å². The number of nitrogens with two attached hydrogens (primary N) is 1. The summed E-state index contributed by atoms with van der Waals surface area (Å²) >= 11 is 0. The van der Waals surface area contributed by atoms with Crippen LogP contribution in [0.5, 0.6) is 0 Å².